The molecule has 1 unspecified atom stereocenters. The van der Waals surface area contributed by atoms with Gasteiger partial charge in [-0.1, -0.05) is 18.2 Å². The van der Waals surface area contributed by atoms with Gasteiger partial charge in [0.2, 0.25) is 0 Å². The van der Waals surface area contributed by atoms with E-state index in [1.54, 1.807) is 0 Å². The van der Waals surface area contributed by atoms with Crippen LogP contribution in [0.5, 0.6) is 5.75 Å². The van der Waals surface area contributed by atoms with Crippen LogP contribution in [0.1, 0.15) is 12.5 Å². The number of benzene rings is 1. The molecule has 0 spiro atoms. The number of carbonyl (C=O) groups excluding carboxylic acids is 1. The highest BCUT2D eigenvalue weighted by molar-refractivity contribution is 5.73. The number of methoxy groups -OCH3 is 1. The Hall–Kier alpha value is -1.55. The predicted molar refractivity (Wildman–Crippen MR) is 61.3 cm³/mol. The average molecular weight is 223 g/mol. The molecule has 0 aliphatic heterocycles. The van der Waals surface area contributed by atoms with Crippen LogP contribution in [-0.2, 0) is 16.0 Å². The van der Waals surface area contributed by atoms with E-state index in [0.29, 0.717) is 12.4 Å². The molecule has 0 fully saturated rings. The maximum Gasteiger partial charge on any atom is 0.310 e. The molecule has 88 valence electrons. The lowest BCUT2D eigenvalue weighted by Crippen LogP contribution is -2.24. The fourth-order valence-electron chi connectivity index (χ4n) is 1.24. The third-order valence-corrected chi connectivity index (χ3v) is 2.04. The number of esters is 1. The summed E-state index contributed by atoms with van der Waals surface area (Å²) in [5.74, 6) is 0.405. The van der Waals surface area contributed by atoms with Gasteiger partial charge in [-0.25, -0.2) is 0 Å². The van der Waals surface area contributed by atoms with Gasteiger partial charge in [0.05, 0.1) is 13.5 Å². The number of para-hydroxylation sites is 1. The Morgan fingerprint density at radius 2 is 2.12 bits per heavy atom. The average Bonchev–Trinajstić information content (AvgIpc) is 2.27. The topological polar surface area (TPSA) is 61.5 Å². The van der Waals surface area contributed by atoms with Gasteiger partial charge in [0.15, 0.2) is 0 Å². The van der Waals surface area contributed by atoms with Gasteiger partial charge in [-0.3, -0.25) is 4.79 Å². The van der Waals surface area contributed by atoms with Crippen LogP contribution >= 0.6 is 0 Å². The summed E-state index contributed by atoms with van der Waals surface area (Å²) in [6, 6.07) is 7.34. The molecule has 2 N–H and O–H groups in total. The largest absolute Gasteiger partial charge is 0.492 e. The number of ether oxygens (including phenoxy) is 2. The first-order chi connectivity index (χ1) is 7.63. The van der Waals surface area contributed by atoms with E-state index in [1.807, 2.05) is 31.2 Å². The van der Waals surface area contributed by atoms with E-state index in [1.165, 1.54) is 7.11 Å². The van der Waals surface area contributed by atoms with Crippen LogP contribution < -0.4 is 10.5 Å². The molecule has 1 aromatic rings. The first kappa shape index (κ1) is 12.5. The highest BCUT2D eigenvalue weighted by atomic mass is 16.5. The summed E-state index contributed by atoms with van der Waals surface area (Å²) < 4.78 is 10.1. The van der Waals surface area contributed by atoms with Gasteiger partial charge in [0, 0.05) is 11.6 Å². The predicted octanol–water partition coefficient (Wildman–Crippen LogP) is 1.13. The van der Waals surface area contributed by atoms with Crippen LogP contribution in [0.2, 0.25) is 0 Å². The van der Waals surface area contributed by atoms with E-state index >= 15 is 0 Å². The summed E-state index contributed by atoms with van der Waals surface area (Å²) in [6.45, 7) is 2.29. The molecule has 0 amide bonds. The maximum absolute atomic E-state index is 11.2. The van der Waals surface area contributed by atoms with Crippen molar-refractivity contribution in [3.8, 4) is 5.75 Å². The molecule has 0 heterocycles. The fraction of sp³-hybridized carbons (Fsp3) is 0.417. The van der Waals surface area contributed by atoms with Gasteiger partial charge in [-0.15, -0.1) is 0 Å². The van der Waals surface area contributed by atoms with Gasteiger partial charge in [0.25, 0.3) is 0 Å². The van der Waals surface area contributed by atoms with E-state index in [4.69, 9.17) is 10.5 Å². The molecular formula is C12H17NO3. The SMILES string of the molecule is COC(=O)Cc1ccccc1OCC(C)N. The minimum absolute atomic E-state index is 0.0359. The molecule has 0 saturated carbocycles. The lowest BCUT2D eigenvalue weighted by molar-refractivity contribution is -0.139. The Morgan fingerprint density at radius 3 is 2.75 bits per heavy atom. The second kappa shape index (κ2) is 6.12. The number of carbonyl (C=O) groups is 1. The normalized spacial score (nSPS) is 11.9. The van der Waals surface area contributed by atoms with Crippen molar-refractivity contribution in [2.75, 3.05) is 13.7 Å². The molecule has 0 radical (unpaired) electrons. The zero-order valence-electron chi connectivity index (χ0n) is 9.60. The number of rotatable bonds is 5. The summed E-state index contributed by atoms with van der Waals surface area (Å²) in [7, 11) is 1.37. The van der Waals surface area contributed by atoms with Crippen LogP contribution in [-0.4, -0.2) is 25.7 Å². The summed E-state index contributed by atoms with van der Waals surface area (Å²) in [5.41, 5.74) is 6.42. The number of hydrogen-bond acceptors (Lipinski definition) is 4. The third kappa shape index (κ3) is 3.90. The van der Waals surface area contributed by atoms with Crippen molar-refractivity contribution in [1.29, 1.82) is 0 Å². The molecule has 4 nitrogen and oxygen atoms in total. The molecule has 0 aliphatic carbocycles. The Kier molecular flexibility index (Phi) is 4.79. The van der Waals surface area contributed by atoms with E-state index in [9.17, 15) is 4.79 Å². The third-order valence-electron chi connectivity index (χ3n) is 2.04. The van der Waals surface area contributed by atoms with Crippen molar-refractivity contribution in [1.82, 2.24) is 0 Å². The van der Waals surface area contributed by atoms with Crippen molar-refractivity contribution in [2.24, 2.45) is 5.73 Å². The summed E-state index contributed by atoms with van der Waals surface area (Å²) in [6.07, 6.45) is 0.214. The van der Waals surface area contributed by atoms with Gasteiger partial charge >= 0.3 is 5.97 Å². The highest BCUT2D eigenvalue weighted by Gasteiger charge is 2.08. The van der Waals surface area contributed by atoms with Gasteiger partial charge in [0.1, 0.15) is 12.4 Å². The number of nitrogens with two attached hydrogens (primary N) is 1. The smallest absolute Gasteiger partial charge is 0.310 e. The van der Waals surface area contributed by atoms with Crippen molar-refractivity contribution >= 4 is 5.97 Å². The van der Waals surface area contributed by atoms with Crippen LogP contribution in [0, 0.1) is 0 Å². The Labute approximate surface area is 95.3 Å². The maximum atomic E-state index is 11.2. The molecule has 0 aliphatic rings. The standard InChI is InChI=1S/C12H17NO3/c1-9(13)8-16-11-6-4-3-5-10(11)7-12(14)15-2/h3-6,9H,7-8,13H2,1-2H3. The second-order valence-electron chi connectivity index (χ2n) is 3.65. The lowest BCUT2D eigenvalue weighted by Gasteiger charge is -2.12. The molecule has 1 rings (SSSR count). The monoisotopic (exact) mass is 223 g/mol. The van der Waals surface area contributed by atoms with Gasteiger partial charge in [-0.2, -0.15) is 0 Å². The van der Waals surface area contributed by atoms with Crippen LogP contribution in [0.25, 0.3) is 0 Å². The quantitative estimate of drug-likeness (QED) is 0.760. The molecule has 0 bridgehead atoms. The van der Waals surface area contributed by atoms with Crippen molar-refractivity contribution in [3.05, 3.63) is 29.8 Å². The summed E-state index contributed by atoms with van der Waals surface area (Å²) in [5, 5.41) is 0. The molecule has 4 heteroatoms. The van der Waals surface area contributed by atoms with Crippen LogP contribution in [0.15, 0.2) is 24.3 Å². The zero-order valence-corrected chi connectivity index (χ0v) is 9.60. The molecular weight excluding hydrogens is 206 g/mol. The minimum Gasteiger partial charge on any atom is -0.492 e. The minimum atomic E-state index is -0.281. The van der Waals surface area contributed by atoms with Crippen LogP contribution in [0.4, 0.5) is 0 Å². The lowest BCUT2D eigenvalue weighted by atomic mass is 10.1. The van der Waals surface area contributed by atoms with Gasteiger partial charge in [-0.05, 0) is 13.0 Å². The van der Waals surface area contributed by atoms with Gasteiger partial charge < -0.3 is 15.2 Å². The summed E-state index contributed by atoms with van der Waals surface area (Å²) in [4.78, 5) is 11.2. The van der Waals surface area contributed by atoms with E-state index in [-0.39, 0.29) is 18.4 Å². The first-order valence-corrected chi connectivity index (χ1v) is 5.16. The summed E-state index contributed by atoms with van der Waals surface area (Å²) >= 11 is 0. The fourth-order valence-corrected chi connectivity index (χ4v) is 1.24. The van der Waals surface area contributed by atoms with Crippen molar-refractivity contribution in [2.45, 2.75) is 19.4 Å². The van der Waals surface area contributed by atoms with E-state index in [2.05, 4.69) is 4.74 Å². The molecule has 1 aromatic carbocycles. The molecule has 1 atom stereocenters. The Balaban J connectivity index is 2.71. The number of hydrogen-bond donors (Lipinski definition) is 1. The Morgan fingerprint density at radius 1 is 1.44 bits per heavy atom. The van der Waals surface area contributed by atoms with E-state index < -0.39 is 0 Å². The molecule has 16 heavy (non-hydrogen) atoms. The molecule has 0 saturated heterocycles. The first-order valence-electron chi connectivity index (χ1n) is 5.16. The van der Waals surface area contributed by atoms with E-state index in [0.717, 1.165) is 5.56 Å². The second-order valence-corrected chi connectivity index (χ2v) is 3.65. The Bertz CT molecular complexity index is 350. The van der Waals surface area contributed by atoms with Crippen molar-refractivity contribution in [3.63, 3.8) is 0 Å². The molecule has 0 aromatic heterocycles. The van der Waals surface area contributed by atoms with Crippen molar-refractivity contribution < 1.29 is 14.3 Å². The highest BCUT2D eigenvalue weighted by Crippen LogP contribution is 2.18. The zero-order chi connectivity index (χ0) is 12.0. The van der Waals surface area contributed by atoms with Crippen LogP contribution in [0.3, 0.4) is 0 Å².